The van der Waals surface area contributed by atoms with Crippen molar-refractivity contribution in [3.63, 3.8) is 0 Å². The van der Waals surface area contributed by atoms with Crippen LogP contribution in [0.25, 0.3) is 0 Å². The summed E-state index contributed by atoms with van der Waals surface area (Å²) in [6.45, 7) is 1.10. The van der Waals surface area contributed by atoms with Gasteiger partial charge < -0.3 is 15.4 Å². The summed E-state index contributed by atoms with van der Waals surface area (Å²) in [6, 6.07) is 3.87. The molecule has 7 heteroatoms. The fourth-order valence-corrected chi connectivity index (χ4v) is 2.03. The van der Waals surface area contributed by atoms with Gasteiger partial charge in [-0.25, -0.2) is 0 Å². The minimum atomic E-state index is -0.547. The summed E-state index contributed by atoms with van der Waals surface area (Å²) < 4.78 is 5.22. The molecular formula is C12H15N3O4. The molecule has 1 aromatic rings. The highest BCUT2D eigenvalue weighted by atomic mass is 16.6. The van der Waals surface area contributed by atoms with Crippen molar-refractivity contribution in [2.45, 2.75) is 12.5 Å². The summed E-state index contributed by atoms with van der Waals surface area (Å²) in [5.74, 6) is -0.322. The largest absolute Gasteiger partial charge is 0.398 e. The number of nitrogens with two attached hydrogens (primary N) is 1. The molecule has 19 heavy (non-hydrogen) atoms. The minimum Gasteiger partial charge on any atom is -0.398 e. The van der Waals surface area contributed by atoms with Gasteiger partial charge in [0.15, 0.2) is 0 Å². The second-order valence-corrected chi connectivity index (χ2v) is 4.46. The van der Waals surface area contributed by atoms with Crippen molar-refractivity contribution >= 4 is 17.3 Å². The van der Waals surface area contributed by atoms with Gasteiger partial charge in [0.25, 0.3) is 11.6 Å². The zero-order valence-corrected chi connectivity index (χ0v) is 10.5. The van der Waals surface area contributed by atoms with Crippen LogP contribution in [-0.4, -0.2) is 42.0 Å². The number of carbonyl (C=O) groups is 1. The van der Waals surface area contributed by atoms with E-state index in [1.165, 1.54) is 23.1 Å². The molecule has 2 N–H and O–H groups in total. The van der Waals surface area contributed by atoms with Crippen LogP contribution in [0, 0.1) is 10.1 Å². The summed E-state index contributed by atoms with van der Waals surface area (Å²) in [4.78, 5) is 24.0. The smallest absolute Gasteiger partial charge is 0.270 e. The van der Waals surface area contributed by atoms with Crippen LogP contribution >= 0.6 is 0 Å². The van der Waals surface area contributed by atoms with Crippen molar-refractivity contribution < 1.29 is 14.5 Å². The Hall–Kier alpha value is -2.15. The van der Waals surface area contributed by atoms with E-state index in [0.29, 0.717) is 13.2 Å². The Morgan fingerprint density at radius 1 is 1.58 bits per heavy atom. The molecule has 1 unspecified atom stereocenters. The molecule has 1 aliphatic heterocycles. The molecule has 1 aromatic carbocycles. The van der Waals surface area contributed by atoms with Gasteiger partial charge in [-0.05, 0) is 12.5 Å². The van der Waals surface area contributed by atoms with Gasteiger partial charge in [-0.1, -0.05) is 0 Å². The molecule has 102 valence electrons. The zero-order valence-electron chi connectivity index (χ0n) is 10.5. The summed E-state index contributed by atoms with van der Waals surface area (Å²) >= 11 is 0. The Morgan fingerprint density at radius 2 is 2.32 bits per heavy atom. The van der Waals surface area contributed by atoms with Crippen LogP contribution in [0.4, 0.5) is 11.4 Å². The van der Waals surface area contributed by atoms with E-state index in [0.717, 1.165) is 6.42 Å². The SMILES string of the molecule is CN(C(=O)c1cc([N+](=O)[O-])ccc1N)C1CCOC1. The number of amides is 1. The number of anilines is 1. The van der Waals surface area contributed by atoms with E-state index in [9.17, 15) is 14.9 Å². The van der Waals surface area contributed by atoms with Crippen molar-refractivity contribution in [3.05, 3.63) is 33.9 Å². The third-order valence-electron chi connectivity index (χ3n) is 3.25. The van der Waals surface area contributed by atoms with Crippen molar-refractivity contribution in [1.82, 2.24) is 4.90 Å². The van der Waals surface area contributed by atoms with E-state index in [1.54, 1.807) is 7.05 Å². The fourth-order valence-electron chi connectivity index (χ4n) is 2.03. The number of benzene rings is 1. The van der Waals surface area contributed by atoms with Gasteiger partial charge >= 0.3 is 0 Å². The summed E-state index contributed by atoms with van der Waals surface area (Å²) in [5.41, 5.74) is 5.97. The van der Waals surface area contributed by atoms with E-state index in [4.69, 9.17) is 10.5 Å². The molecule has 1 fully saturated rings. The molecular weight excluding hydrogens is 250 g/mol. The average Bonchev–Trinajstić information content (AvgIpc) is 2.91. The molecule has 0 aliphatic carbocycles. The van der Waals surface area contributed by atoms with Crippen LogP contribution in [0.1, 0.15) is 16.8 Å². The molecule has 0 spiro atoms. The first-order chi connectivity index (χ1) is 9.00. The first kappa shape index (κ1) is 13.3. The second-order valence-electron chi connectivity index (χ2n) is 4.46. The molecule has 1 amide bonds. The lowest BCUT2D eigenvalue weighted by atomic mass is 10.1. The standard InChI is InChI=1S/C12H15N3O4/c1-14(9-4-5-19-7-9)12(16)10-6-8(15(17)18)2-3-11(10)13/h2-3,6,9H,4-5,7,13H2,1H3. The maximum absolute atomic E-state index is 12.3. The summed E-state index contributed by atoms with van der Waals surface area (Å²) in [5, 5.41) is 10.7. The monoisotopic (exact) mass is 265 g/mol. The lowest BCUT2D eigenvalue weighted by molar-refractivity contribution is -0.384. The van der Waals surface area contributed by atoms with Gasteiger partial charge in [-0.15, -0.1) is 0 Å². The first-order valence-corrected chi connectivity index (χ1v) is 5.89. The highest BCUT2D eigenvalue weighted by Gasteiger charge is 2.26. The number of hydrogen-bond donors (Lipinski definition) is 1. The van der Waals surface area contributed by atoms with Crippen LogP contribution < -0.4 is 5.73 Å². The predicted octanol–water partition coefficient (Wildman–Crippen LogP) is 1.04. The normalized spacial score (nSPS) is 18.3. The van der Waals surface area contributed by atoms with Crippen molar-refractivity contribution in [1.29, 1.82) is 0 Å². The maximum atomic E-state index is 12.3. The molecule has 1 aliphatic rings. The molecule has 1 heterocycles. The third-order valence-corrected chi connectivity index (χ3v) is 3.25. The molecule has 0 aromatic heterocycles. The van der Waals surface area contributed by atoms with E-state index in [-0.39, 0.29) is 28.9 Å². The summed E-state index contributed by atoms with van der Waals surface area (Å²) in [6.07, 6.45) is 0.761. The Balaban J connectivity index is 2.26. The highest BCUT2D eigenvalue weighted by molar-refractivity contribution is 5.99. The van der Waals surface area contributed by atoms with E-state index < -0.39 is 4.92 Å². The van der Waals surface area contributed by atoms with Gasteiger partial charge in [0, 0.05) is 31.5 Å². The first-order valence-electron chi connectivity index (χ1n) is 5.89. The Bertz CT molecular complexity index is 512. The lowest BCUT2D eigenvalue weighted by Crippen LogP contribution is -2.37. The number of likely N-dealkylation sites (N-methyl/N-ethyl adjacent to an activating group) is 1. The lowest BCUT2D eigenvalue weighted by Gasteiger charge is -2.23. The summed E-state index contributed by atoms with van der Waals surface area (Å²) in [7, 11) is 1.65. The predicted molar refractivity (Wildman–Crippen MR) is 68.8 cm³/mol. The van der Waals surface area contributed by atoms with Crippen LogP contribution in [0.2, 0.25) is 0 Å². The van der Waals surface area contributed by atoms with Crippen molar-refractivity contribution in [2.75, 3.05) is 26.0 Å². The number of rotatable bonds is 3. The number of nitrogen functional groups attached to an aromatic ring is 1. The topological polar surface area (TPSA) is 98.7 Å². The van der Waals surface area contributed by atoms with Crippen molar-refractivity contribution in [3.8, 4) is 0 Å². The Morgan fingerprint density at radius 3 is 2.89 bits per heavy atom. The number of carbonyl (C=O) groups excluding carboxylic acids is 1. The van der Waals surface area contributed by atoms with Gasteiger partial charge in [-0.3, -0.25) is 14.9 Å². The zero-order chi connectivity index (χ0) is 14.0. The van der Waals surface area contributed by atoms with E-state index in [2.05, 4.69) is 0 Å². The number of hydrogen-bond acceptors (Lipinski definition) is 5. The Labute approximate surface area is 110 Å². The van der Waals surface area contributed by atoms with Gasteiger partial charge in [0.05, 0.1) is 23.1 Å². The quantitative estimate of drug-likeness (QED) is 0.500. The number of ether oxygens (including phenoxy) is 1. The van der Waals surface area contributed by atoms with Crippen LogP contribution in [0.15, 0.2) is 18.2 Å². The third kappa shape index (κ3) is 2.65. The van der Waals surface area contributed by atoms with Crippen LogP contribution in [-0.2, 0) is 4.74 Å². The number of non-ortho nitro benzene ring substituents is 1. The molecule has 0 saturated carbocycles. The Kier molecular flexibility index (Phi) is 3.66. The van der Waals surface area contributed by atoms with Gasteiger partial charge in [0.1, 0.15) is 0 Å². The molecule has 0 bridgehead atoms. The number of nitro benzene ring substituents is 1. The molecule has 1 saturated heterocycles. The molecule has 0 radical (unpaired) electrons. The van der Waals surface area contributed by atoms with Gasteiger partial charge in [0.2, 0.25) is 0 Å². The fraction of sp³-hybridized carbons (Fsp3) is 0.417. The van der Waals surface area contributed by atoms with Crippen molar-refractivity contribution in [2.24, 2.45) is 0 Å². The number of nitro groups is 1. The average molecular weight is 265 g/mol. The highest BCUT2D eigenvalue weighted by Crippen LogP contribution is 2.22. The van der Waals surface area contributed by atoms with E-state index in [1.807, 2.05) is 0 Å². The molecule has 2 rings (SSSR count). The maximum Gasteiger partial charge on any atom is 0.270 e. The van der Waals surface area contributed by atoms with Crippen LogP contribution in [0.3, 0.4) is 0 Å². The molecule has 7 nitrogen and oxygen atoms in total. The minimum absolute atomic E-state index is 0.00818. The molecule has 1 atom stereocenters. The number of nitrogens with zero attached hydrogens (tertiary/aromatic N) is 2. The van der Waals surface area contributed by atoms with Gasteiger partial charge in [-0.2, -0.15) is 0 Å². The second kappa shape index (κ2) is 5.23. The van der Waals surface area contributed by atoms with Crippen LogP contribution in [0.5, 0.6) is 0 Å². The van der Waals surface area contributed by atoms with E-state index >= 15 is 0 Å².